The molecule has 0 spiro atoms. The Balaban J connectivity index is 0.927. The number of aliphatic hydroxyl groups is 1. The zero-order valence-corrected chi connectivity index (χ0v) is 34.6. The van der Waals surface area contributed by atoms with Crippen LogP contribution in [0.1, 0.15) is 34.3 Å². The summed E-state index contributed by atoms with van der Waals surface area (Å²) in [5.74, 6) is 0.154. The maximum absolute atomic E-state index is 13.4. The average Bonchev–Trinajstić information content (AvgIpc) is 3.65. The number of hydrogen-bond donors (Lipinski definition) is 3. The van der Waals surface area contributed by atoms with E-state index >= 15 is 0 Å². The van der Waals surface area contributed by atoms with E-state index in [1.165, 1.54) is 16.0 Å². The van der Waals surface area contributed by atoms with Crippen molar-refractivity contribution in [2.24, 2.45) is 0 Å². The smallest absolute Gasteiger partial charge is 0.264 e. The second kappa shape index (κ2) is 18.9. The van der Waals surface area contributed by atoms with Crippen LogP contribution in [0.25, 0.3) is 11.1 Å². The summed E-state index contributed by atoms with van der Waals surface area (Å²) in [7, 11) is -4.12. The van der Waals surface area contributed by atoms with Gasteiger partial charge in [-0.2, -0.15) is 0 Å². The van der Waals surface area contributed by atoms with E-state index in [4.69, 9.17) is 11.6 Å². The number of carbonyl (C=O) groups excluding carboxylic acids is 1. The average molecular weight is 825 g/mol. The van der Waals surface area contributed by atoms with Crippen molar-refractivity contribution in [3.05, 3.63) is 143 Å². The Labute approximate surface area is 346 Å². The fourth-order valence-corrected chi connectivity index (χ4v) is 9.67. The van der Waals surface area contributed by atoms with Crippen molar-refractivity contribution >= 4 is 50.7 Å². The highest BCUT2D eigenvalue weighted by Gasteiger charge is 2.24. The molecule has 298 valence electrons. The number of aryl methyl sites for hydroxylation is 1. The Hall–Kier alpha value is -4.36. The molecule has 9 nitrogen and oxygen atoms in total. The van der Waals surface area contributed by atoms with Crippen molar-refractivity contribution in [3.63, 3.8) is 0 Å². The van der Waals surface area contributed by atoms with Gasteiger partial charge in [0.25, 0.3) is 15.9 Å². The van der Waals surface area contributed by atoms with Gasteiger partial charge in [0, 0.05) is 91.0 Å². The first-order valence-corrected chi connectivity index (χ1v) is 22.4. The summed E-state index contributed by atoms with van der Waals surface area (Å²) in [5, 5.41) is 14.4. The number of β-amino-alcohol motifs (C(OH)–C–C–N with tert-alkyl or cyclic N) is 1. The maximum atomic E-state index is 13.4. The predicted molar refractivity (Wildman–Crippen MR) is 233 cm³/mol. The Kier molecular flexibility index (Phi) is 13.6. The maximum Gasteiger partial charge on any atom is 0.264 e. The third kappa shape index (κ3) is 11.0. The summed E-state index contributed by atoms with van der Waals surface area (Å²) in [6.45, 7) is 8.62. The zero-order valence-electron chi connectivity index (χ0n) is 32.2. The standard InChI is InChI=1S/C45H50ClN5O4S2/c1-33-29-42(19-20-44(33)47-38(21-23-49-24-22-40(52)31-49)32-56-41-8-3-2-4-9-41)57(54,55)48-45(53)35-13-17-39(18-14-35)51-27-25-50(26-28-51)30-36-7-5-6-10-43(36)34-11-15-37(46)16-12-34/h2-20,29,38,40,47,52H,21-28,30-32H2,1H3,(H,48,53)/t38-,40-/m1/s1. The number of piperazine rings is 1. The number of sulfonamides is 1. The van der Waals surface area contributed by atoms with E-state index in [-0.39, 0.29) is 22.6 Å². The van der Waals surface area contributed by atoms with Gasteiger partial charge in [-0.3, -0.25) is 9.69 Å². The van der Waals surface area contributed by atoms with E-state index in [0.29, 0.717) is 6.54 Å². The number of nitrogens with one attached hydrogen (secondary N) is 2. The van der Waals surface area contributed by atoms with Gasteiger partial charge >= 0.3 is 0 Å². The van der Waals surface area contributed by atoms with E-state index in [1.807, 2.05) is 49.4 Å². The van der Waals surface area contributed by atoms with Gasteiger partial charge in [-0.25, -0.2) is 13.1 Å². The number of nitrogens with zero attached hydrogens (tertiary/aromatic N) is 3. The fourth-order valence-electron chi connectivity index (χ4n) is 7.49. The van der Waals surface area contributed by atoms with Crippen molar-refractivity contribution < 1.29 is 18.3 Å². The molecule has 5 aromatic carbocycles. The van der Waals surface area contributed by atoms with Crippen LogP contribution in [-0.4, -0.2) is 92.9 Å². The van der Waals surface area contributed by atoms with Gasteiger partial charge in [-0.15, -0.1) is 11.8 Å². The van der Waals surface area contributed by atoms with Crippen LogP contribution in [0.3, 0.4) is 0 Å². The molecule has 0 aromatic heterocycles. The summed E-state index contributed by atoms with van der Waals surface area (Å²) in [6.07, 6.45) is 1.41. The van der Waals surface area contributed by atoms with E-state index in [9.17, 15) is 18.3 Å². The van der Waals surface area contributed by atoms with Crippen molar-refractivity contribution in [2.75, 3.05) is 61.8 Å². The number of rotatable bonds is 15. The monoisotopic (exact) mass is 823 g/mol. The van der Waals surface area contributed by atoms with Gasteiger partial charge in [0.05, 0.1) is 11.0 Å². The number of likely N-dealkylation sites (tertiary alicyclic amines) is 1. The minimum absolute atomic E-state index is 0.0328. The molecular formula is C45H50ClN5O4S2. The van der Waals surface area contributed by atoms with Gasteiger partial charge in [0.15, 0.2) is 0 Å². The van der Waals surface area contributed by atoms with Gasteiger partial charge in [-0.05, 0) is 109 Å². The fraction of sp³-hybridized carbons (Fsp3) is 0.311. The number of benzene rings is 5. The Bertz CT molecular complexity index is 2220. The summed E-state index contributed by atoms with van der Waals surface area (Å²) >= 11 is 7.91. The lowest BCUT2D eigenvalue weighted by molar-refractivity contribution is 0.0981. The minimum atomic E-state index is -4.12. The van der Waals surface area contributed by atoms with Crippen molar-refractivity contribution in [1.29, 1.82) is 0 Å². The van der Waals surface area contributed by atoms with E-state index in [1.54, 1.807) is 42.1 Å². The highest BCUT2D eigenvalue weighted by atomic mass is 35.5. The van der Waals surface area contributed by atoms with Gasteiger partial charge in [-0.1, -0.05) is 66.2 Å². The Morgan fingerprint density at radius 2 is 1.58 bits per heavy atom. The molecule has 57 heavy (non-hydrogen) atoms. The first-order chi connectivity index (χ1) is 27.6. The molecule has 7 rings (SSSR count). The van der Waals surface area contributed by atoms with Gasteiger partial charge < -0.3 is 20.2 Å². The lowest BCUT2D eigenvalue weighted by atomic mass is 9.99. The van der Waals surface area contributed by atoms with Crippen LogP contribution in [0, 0.1) is 6.92 Å². The van der Waals surface area contributed by atoms with Crippen LogP contribution in [-0.2, 0) is 16.6 Å². The Morgan fingerprint density at radius 1 is 0.860 bits per heavy atom. The molecular weight excluding hydrogens is 774 g/mol. The third-order valence-electron chi connectivity index (χ3n) is 10.8. The summed E-state index contributed by atoms with van der Waals surface area (Å²) in [6, 6.07) is 38.9. The molecule has 2 atom stereocenters. The van der Waals surface area contributed by atoms with Crippen LogP contribution >= 0.6 is 23.4 Å². The van der Waals surface area contributed by atoms with Crippen LogP contribution in [0.4, 0.5) is 11.4 Å². The molecule has 1 amide bonds. The van der Waals surface area contributed by atoms with Crippen LogP contribution in [0.5, 0.6) is 0 Å². The highest BCUT2D eigenvalue weighted by molar-refractivity contribution is 7.99. The molecule has 2 heterocycles. The van der Waals surface area contributed by atoms with E-state index in [2.05, 4.69) is 73.3 Å². The lowest BCUT2D eigenvalue weighted by Gasteiger charge is -2.36. The lowest BCUT2D eigenvalue weighted by Crippen LogP contribution is -2.46. The number of anilines is 2. The number of hydrogen-bond acceptors (Lipinski definition) is 9. The second-order valence-electron chi connectivity index (χ2n) is 14.9. The molecule has 0 aliphatic carbocycles. The quantitative estimate of drug-likeness (QED) is 0.0914. The number of thioether (sulfide) groups is 1. The van der Waals surface area contributed by atoms with Crippen LogP contribution in [0.15, 0.2) is 131 Å². The molecule has 0 radical (unpaired) electrons. The number of carbonyl (C=O) groups is 1. The third-order valence-corrected chi connectivity index (χ3v) is 13.5. The molecule has 2 aliphatic rings. The number of halogens is 1. The molecule has 12 heteroatoms. The topological polar surface area (TPSA) is 105 Å². The van der Waals surface area contributed by atoms with Crippen LogP contribution < -0.4 is 14.9 Å². The predicted octanol–water partition coefficient (Wildman–Crippen LogP) is 7.79. The SMILES string of the molecule is Cc1cc(S(=O)(=O)NC(=O)c2ccc(N3CCN(Cc4ccccc4-c4ccc(Cl)cc4)CC3)cc2)ccc1N[C@H](CCN1CC[C@@H](O)C1)CSc1ccccc1. The highest BCUT2D eigenvalue weighted by Crippen LogP contribution is 2.28. The van der Waals surface area contributed by atoms with Crippen molar-refractivity contribution in [2.45, 2.75) is 48.2 Å². The molecule has 0 unspecified atom stereocenters. The number of aliphatic hydroxyl groups excluding tert-OH is 1. The Morgan fingerprint density at radius 3 is 2.28 bits per heavy atom. The zero-order chi connectivity index (χ0) is 39.8. The normalized spacial score (nSPS) is 17.0. The summed E-state index contributed by atoms with van der Waals surface area (Å²) < 4.78 is 29.1. The van der Waals surface area contributed by atoms with Crippen molar-refractivity contribution in [3.8, 4) is 11.1 Å². The molecule has 5 aromatic rings. The van der Waals surface area contributed by atoms with Crippen molar-refractivity contribution in [1.82, 2.24) is 14.5 Å². The second-order valence-corrected chi connectivity index (χ2v) is 18.1. The summed E-state index contributed by atoms with van der Waals surface area (Å²) in [5.41, 5.74) is 6.52. The largest absolute Gasteiger partial charge is 0.392 e. The number of amides is 1. The molecule has 0 saturated carbocycles. The molecule has 0 bridgehead atoms. The molecule has 2 saturated heterocycles. The van der Waals surface area contributed by atoms with E-state index < -0.39 is 15.9 Å². The first kappa shape index (κ1) is 40.8. The van der Waals surface area contributed by atoms with E-state index in [0.717, 1.165) is 91.9 Å². The molecule has 3 N–H and O–H groups in total. The van der Waals surface area contributed by atoms with Crippen LogP contribution in [0.2, 0.25) is 5.02 Å². The van der Waals surface area contributed by atoms with Gasteiger partial charge in [0.1, 0.15) is 0 Å². The molecule has 2 aliphatic heterocycles. The molecule has 2 fully saturated rings. The summed E-state index contributed by atoms with van der Waals surface area (Å²) in [4.78, 5) is 21.5. The first-order valence-electron chi connectivity index (χ1n) is 19.5. The van der Waals surface area contributed by atoms with Gasteiger partial charge in [0.2, 0.25) is 0 Å². The minimum Gasteiger partial charge on any atom is -0.392 e.